The number of sulfone groups is 1. The van der Waals surface area contributed by atoms with Crippen molar-refractivity contribution in [1.29, 1.82) is 0 Å². The minimum absolute atomic E-state index is 0.0316. The highest BCUT2D eigenvalue weighted by atomic mass is 32.2. The molecule has 2 rings (SSSR count). The van der Waals surface area contributed by atoms with Gasteiger partial charge in [-0.2, -0.15) is 0 Å². The highest BCUT2D eigenvalue weighted by Gasteiger charge is 2.29. The van der Waals surface area contributed by atoms with Crippen LogP contribution in [-0.2, 0) is 19.9 Å². The summed E-state index contributed by atoms with van der Waals surface area (Å²) in [5, 5.41) is 2.87. The van der Waals surface area contributed by atoms with E-state index in [1.807, 2.05) is 0 Å². The van der Waals surface area contributed by atoms with Crippen LogP contribution in [0.1, 0.15) is 12.8 Å². The molecule has 2 N–H and O–H groups in total. The number of hydrogen-bond acceptors (Lipinski definition) is 5. The fourth-order valence-corrected chi connectivity index (χ4v) is 3.66. The van der Waals surface area contributed by atoms with Gasteiger partial charge in [0.2, 0.25) is 10.0 Å². The van der Waals surface area contributed by atoms with Crippen molar-refractivity contribution < 1.29 is 16.8 Å². The van der Waals surface area contributed by atoms with Gasteiger partial charge in [-0.1, -0.05) is 12.1 Å². The smallest absolute Gasteiger partial charge is 0.242 e. The van der Waals surface area contributed by atoms with E-state index in [-0.39, 0.29) is 23.2 Å². The van der Waals surface area contributed by atoms with Crippen molar-refractivity contribution in [2.75, 3.05) is 23.9 Å². The molecule has 1 aliphatic carbocycles. The summed E-state index contributed by atoms with van der Waals surface area (Å²) in [6.45, 7) is 0.175. The molecule has 0 amide bonds. The lowest BCUT2D eigenvalue weighted by Crippen LogP contribution is -2.27. The predicted octanol–water partition coefficient (Wildman–Crippen LogP) is 0.584. The minimum atomic E-state index is -3.56. The average molecular weight is 318 g/mol. The first-order valence-electron chi connectivity index (χ1n) is 6.31. The Morgan fingerprint density at radius 1 is 1.15 bits per heavy atom. The fourth-order valence-electron chi connectivity index (χ4n) is 1.70. The van der Waals surface area contributed by atoms with Crippen LogP contribution in [0.2, 0.25) is 0 Å². The molecule has 20 heavy (non-hydrogen) atoms. The van der Waals surface area contributed by atoms with Crippen LogP contribution in [-0.4, -0.2) is 41.4 Å². The lowest BCUT2D eigenvalue weighted by atomic mass is 10.3. The van der Waals surface area contributed by atoms with E-state index in [1.165, 1.54) is 6.07 Å². The Kier molecular flexibility index (Phi) is 4.36. The maximum Gasteiger partial charge on any atom is 0.242 e. The van der Waals surface area contributed by atoms with Crippen LogP contribution in [0.4, 0.5) is 5.69 Å². The topological polar surface area (TPSA) is 92.3 Å². The lowest BCUT2D eigenvalue weighted by molar-refractivity contribution is 0.581. The van der Waals surface area contributed by atoms with E-state index in [1.54, 1.807) is 18.2 Å². The first-order valence-corrected chi connectivity index (χ1v) is 9.85. The fraction of sp³-hybridized carbons (Fsp3) is 0.500. The van der Waals surface area contributed by atoms with E-state index in [9.17, 15) is 16.8 Å². The van der Waals surface area contributed by atoms with Gasteiger partial charge < -0.3 is 5.32 Å². The van der Waals surface area contributed by atoms with Gasteiger partial charge in [-0.25, -0.2) is 21.6 Å². The number of anilines is 1. The molecule has 0 saturated heterocycles. The molecule has 1 fully saturated rings. The summed E-state index contributed by atoms with van der Waals surface area (Å²) in [4.78, 5) is 0.153. The third-order valence-corrected chi connectivity index (χ3v) is 5.39. The zero-order valence-corrected chi connectivity index (χ0v) is 12.8. The number of sulfonamides is 1. The van der Waals surface area contributed by atoms with Crippen LogP contribution >= 0.6 is 0 Å². The number of nitrogens with one attached hydrogen (secondary N) is 2. The summed E-state index contributed by atoms with van der Waals surface area (Å²) < 4.78 is 49.2. The molecule has 8 heteroatoms. The maximum absolute atomic E-state index is 12.2. The zero-order valence-electron chi connectivity index (χ0n) is 11.2. The first-order chi connectivity index (χ1) is 9.28. The molecular formula is C12H18N2O4S2. The monoisotopic (exact) mass is 318 g/mol. The molecule has 1 aromatic carbocycles. The van der Waals surface area contributed by atoms with E-state index in [4.69, 9.17) is 0 Å². The highest BCUT2D eigenvalue weighted by molar-refractivity contribution is 7.90. The lowest BCUT2D eigenvalue weighted by Gasteiger charge is -2.12. The Bertz CT molecular complexity index is 679. The Balaban J connectivity index is 2.13. The zero-order chi connectivity index (χ0) is 14.8. The summed E-state index contributed by atoms with van der Waals surface area (Å²) in [5.74, 6) is -0.0442. The normalized spacial score (nSPS) is 16.1. The van der Waals surface area contributed by atoms with Crippen molar-refractivity contribution in [3.8, 4) is 0 Å². The minimum Gasteiger partial charge on any atom is -0.383 e. The van der Waals surface area contributed by atoms with E-state index >= 15 is 0 Å². The van der Waals surface area contributed by atoms with Crippen LogP contribution in [0.25, 0.3) is 0 Å². The summed E-state index contributed by atoms with van der Waals surface area (Å²) in [7, 11) is -6.63. The summed E-state index contributed by atoms with van der Waals surface area (Å²) >= 11 is 0. The van der Waals surface area contributed by atoms with Gasteiger partial charge in [0.15, 0.2) is 0 Å². The van der Waals surface area contributed by atoms with E-state index in [0.29, 0.717) is 5.69 Å². The van der Waals surface area contributed by atoms with Crippen LogP contribution in [0, 0.1) is 0 Å². The molecule has 0 spiro atoms. The number of hydrogen-bond donors (Lipinski definition) is 2. The Morgan fingerprint density at radius 3 is 2.40 bits per heavy atom. The van der Waals surface area contributed by atoms with Gasteiger partial charge in [0.25, 0.3) is 0 Å². The van der Waals surface area contributed by atoms with Gasteiger partial charge in [-0.3, -0.25) is 0 Å². The summed E-state index contributed by atoms with van der Waals surface area (Å²) in [6, 6.07) is 6.52. The molecule has 0 aromatic heterocycles. The van der Waals surface area contributed by atoms with Gasteiger partial charge in [-0.15, -0.1) is 0 Å². The molecule has 0 bridgehead atoms. The number of benzene rings is 1. The molecular weight excluding hydrogens is 300 g/mol. The van der Waals surface area contributed by atoms with Crippen LogP contribution in [0.3, 0.4) is 0 Å². The van der Waals surface area contributed by atoms with Crippen molar-refractivity contribution >= 4 is 25.5 Å². The highest BCUT2D eigenvalue weighted by Crippen LogP contribution is 2.25. The van der Waals surface area contributed by atoms with Gasteiger partial charge in [0.05, 0.1) is 11.4 Å². The third kappa shape index (κ3) is 4.46. The molecule has 6 nitrogen and oxygen atoms in total. The van der Waals surface area contributed by atoms with E-state index in [2.05, 4.69) is 10.0 Å². The van der Waals surface area contributed by atoms with Crippen molar-refractivity contribution in [2.45, 2.75) is 23.8 Å². The van der Waals surface area contributed by atoms with Gasteiger partial charge in [0, 0.05) is 18.8 Å². The quantitative estimate of drug-likeness (QED) is 0.767. The third-order valence-electron chi connectivity index (χ3n) is 2.86. The Morgan fingerprint density at radius 2 is 1.80 bits per heavy atom. The molecule has 0 atom stereocenters. The molecule has 0 aliphatic heterocycles. The second kappa shape index (κ2) is 5.71. The van der Waals surface area contributed by atoms with Gasteiger partial charge in [-0.05, 0) is 25.0 Å². The number of para-hydroxylation sites is 1. The van der Waals surface area contributed by atoms with Crippen molar-refractivity contribution in [3.05, 3.63) is 24.3 Å². The van der Waals surface area contributed by atoms with Crippen molar-refractivity contribution in [3.63, 3.8) is 0 Å². The second-order valence-corrected chi connectivity index (χ2v) is 8.89. The SMILES string of the molecule is CS(=O)(=O)CCNc1ccccc1S(=O)(=O)NC1CC1. The van der Waals surface area contributed by atoms with E-state index in [0.717, 1.165) is 19.1 Å². The van der Waals surface area contributed by atoms with Crippen molar-refractivity contribution in [2.24, 2.45) is 0 Å². The number of rotatable bonds is 7. The van der Waals surface area contributed by atoms with Crippen LogP contribution < -0.4 is 10.0 Å². The Labute approximate surface area is 119 Å². The maximum atomic E-state index is 12.2. The molecule has 0 radical (unpaired) electrons. The molecule has 0 unspecified atom stereocenters. The molecule has 1 saturated carbocycles. The molecule has 1 aliphatic rings. The van der Waals surface area contributed by atoms with E-state index < -0.39 is 19.9 Å². The van der Waals surface area contributed by atoms with Gasteiger partial charge >= 0.3 is 0 Å². The Hall–Kier alpha value is -1.12. The second-order valence-electron chi connectivity index (χ2n) is 4.95. The standard InChI is InChI=1S/C12H18N2O4S2/c1-19(15,16)9-8-13-11-4-2-3-5-12(11)20(17,18)14-10-6-7-10/h2-5,10,13-14H,6-9H2,1H3. The van der Waals surface area contributed by atoms with Gasteiger partial charge in [0.1, 0.15) is 14.7 Å². The van der Waals surface area contributed by atoms with Crippen molar-refractivity contribution in [1.82, 2.24) is 4.72 Å². The predicted molar refractivity (Wildman–Crippen MR) is 78.0 cm³/mol. The molecule has 112 valence electrons. The average Bonchev–Trinajstić information content (AvgIpc) is 3.11. The van der Waals surface area contributed by atoms with Crippen LogP contribution in [0.5, 0.6) is 0 Å². The largest absolute Gasteiger partial charge is 0.383 e. The summed E-state index contributed by atoms with van der Waals surface area (Å²) in [5.41, 5.74) is 0.421. The summed E-state index contributed by atoms with van der Waals surface area (Å²) in [6.07, 6.45) is 2.87. The van der Waals surface area contributed by atoms with Crippen LogP contribution in [0.15, 0.2) is 29.2 Å². The molecule has 1 aromatic rings. The first kappa shape index (κ1) is 15.3. The molecule has 0 heterocycles.